The molecule has 1 fully saturated rings. The van der Waals surface area contributed by atoms with Crippen LogP contribution in [0.4, 0.5) is 0 Å². The third kappa shape index (κ3) is 4.24. The van der Waals surface area contributed by atoms with Gasteiger partial charge in [-0.2, -0.15) is 0 Å². The van der Waals surface area contributed by atoms with Crippen LogP contribution in [0.15, 0.2) is 42.5 Å². The Balaban J connectivity index is 1.43. The molecule has 5 heteroatoms. The van der Waals surface area contributed by atoms with E-state index in [1.165, 1.54) is 12.8 Å². The first-order valence-electron chi connectivity index (χ1n) is 10.0. The van der Waals surface area contributed by atoms with Crippen molar-refractivity contribution in [1.29, 1.82) is 0 Å². The summed E-state index contributed by atoms with van der Waals surface area (Å²) >= 11 is 0. The fourth-order valence-corrected chi connectivity index (χ4v) is 4.06. The van der Waals surface area contributed by atoms with Crippen LogP contribution in [-0.4, -0.2) is 30.8 Å². The maximum atomic E-state index is 13.1. The number of carbonyl (C=O) groups is 1. The molecule has 28 heavy (non-hydrogen) atoms. The van der Waals surface area contributed by atoms with Crippen LogP contribution in [-0.2, 0) is 17.8 Å². The van der Waals surface area contributed by atoms with Gasteiger partial charge in [-0.15, -0.1) is 0 Å². The zero-order valence-electron chi connectivity index (χ0n) is 16.4. The Morgan fingerprint density at radius 2 is 1.75 bits per heavy atom. The van der Waals surface area contributed by atoms with Crippen molar-refractivity contribution in [2.24, 2.45) is 0 Å². The minimum Gasteiger partial charge on any atom is -0.497 e. The van der Waals surface area contributed by atoms with Gasteiger partial charge in [-0.05, 0) is 54.7 Å². The van der Waals surface area contributed by atoms with Crippen LogP contribution in [0.3, 0.4) is 0 Å². The second-order valence-electron chi connectivity index (χ2n) is 7.50. The first kappa shape index (κ1) is 18.7. The number of hydrogen-bond donors (Lipinski definition) is 0. The van der Waals surface area contributed by atoms with E-state index >= 15 is 0 Å². The van der Waals surface area contributed by atoms with Crippen LogP contribution in [0.5, 0.6) is 17.2 Å². The van der Waals surface area contributed by atoms with Crippen molar-refractivity contribution in [1.82, 2.24) is 4.90 Å². The van der Waals surface area contributed by atoms with E-state index in [1.54, 1.807) is 7.11 Å². The number of nitrogens with zero attached hydrogens (tertiary/aromatic N) is 1. The number of methoxy groups -OCH3 is 1. The van der Waals surface area contributed by atoms with Crippen molar-refractivity contribution in [2.45, 2.75) is 51.1 Å². The lowest BCUT2D eigenvalue weighted by molar-refractivity contribution is -0.134. The predicted octanol–water partition coefficient (Wildman–Crippen LogP) is 4.33. The summed E-state index contributed by atoms with van der Waals surface area (Å²) in [7, 11) is 1.66. The van der Waals surface area contributed by atoms with E-state index < -0.39 is 0 Å². The maximum absolute atomic E-state index is 13.1. The lowest BCUT2D eigenvalue weighted by atomic mass is 10.1. The van der Waals surface area contributed by atoms with E-state index in [2.05, 4.69) is 4.90 Å². The largest absolute Gasteiger partial charge is 0.497 e. The summed E-state index contributed by atoms with van der Waals surface area (Å²) in [4.78, 5) is 15.2. The summed E-state index contributed by atoms with van der Waals surface area (Å²) in [6, 6.07) is 14.3. The van der Waals surface area contributed by atoms with Gasteiger partial charge in [0.15, 0.2) is 11.5 Å². The van der Waals surface area contributed by atoms with Gasteiger partial charge >= 0.3 is 0 Å². The molecule has 2 aromatic rings. The maximum Gasteiger partial charge on any atom is 0.231 e. The Morgan fingerprint density at radius 1 is 1.04 bits per heavy atom. The molecular weight excluding hydrogens is 354 g/mol. The number of benzene rings is 2. The Bertz CT molecular complexity index is 812. The molecular formula is C23H27NO4. The first-order chi connectivity index (χ1) is 13.7. The standard InChI is InChI=1S/C23H27NO4/c1-26-20-10-6-17(7-11-20)9-13-23(25)24(19-4-2-3-5-19)15-18-8-12-21-22(14-18)28-16-27-21/h6-8,10-12,14,19H,2-5,9,13,15-16H2,1H3. The monoisotopic (exact) mass is 381 g/mol. The number of rotatable bonds is 7. The third-order valence-corrected chi connectivity index (χ3v) is 5.66. The highest BCUT2D eigenvalue weighted by Crippen LogP contribution is 2.34. The molecule has 0 bridgehead atoms. The first-order valence-corrected chi connectivity index (χ1v) is 10.0. The lowest BCUT2D eigenvalue weighted by Gasteiger charge is -2.29. The molecule has 0 unspecified atom stereocenters. The number of fused-ring (bicyclic) bond motifs is 1. The van der Waals surface area contributed by atoms with E-state index in [-0.39, 0.29) is 12.7 Å². The number of carbonyl (C=O) groups excluding carboxylic acids is 1. The quantitative estimate of drug-likeness (QED) is 0.716. The highest BCUT2D eigenvalue weighted by atomic mass is 16.7. The molecule has 0 spiro atoms. The van der Waals surface area contributed by atoms with Crippen LogP contribution in [0, 0.1) is 0 Å². The number of ether oxygens (including phenoxy) is 3. The number of aryl methyl sites for hydroxylation is 1. The summed E-state index contributed by atoms with van der Waals surface area (Å²) in [5, 5.41) is 0. The molecule has 1 aliphatic heterocycles. The third-order valence-electron chi connectivity index (χ3n) is 5.66. The molecule has 0 atom stereocenters. The minimum atomic E-state index is 0.223. The van der Waals surface area contributed by atoms with Gasteiger partial charge < -0.3 is 19.1 Å². The summed E-state index contributed by atoms with van der Waals surface area (Å²) < 4.78 is 16.1. The van der Waals surface area contributed by atoms with Crippen LogP contribution in [0.1, 0.15) is 43.2 Å². The van der Waals surface area contributed by atoms with Gasteiger partial charge in [-0.25, -0.2) is 0 Å². The summed E-state index contributed by atoms with van der Waals surface area (Å²) in [6.45, 7) is 0.897. The van der Waals surface area contributed by atoms with E-state index in [4.69, 9.17) is 14.2 Å². The Morgan fingerprint density at radius 3 is 2.50 bits per heavy atom. The SMILES string of the molecule is COc1ccc(CCC(=O)N(Cc2ccc3c(c2)OCO3)C2CCCC2)cc1. The molecule has 1 heterocycles. The number of amides is 1. The van der Waals surface area contributed by atoms with Crippen molar-refractivity contribution in [3.8, 4) is 17.2 Å². The van der Waals surface area contributed by atoms with Crippen molar-refractivity contribution in [2.75, 3.05) is 13.9 Å². The van der Waals surface area contributed by atoms with Crippen molar-refractivity contribution in [3.05, 3.63) is 53.6 Å². The zero-order valence-corrected chi connectivity index (χ0v) is 16.4. The van der Waals surface area contributed by atoms with Crippen LogP contribution in [0.25, 0.3) is 0 Å². The zero-order chi connectivity index (χ0) is 19.3. The fraction of sp³-hybridized carbons (Fsp3) is 0.435. The second kappa shape index (κ2) is 8.55. The molecule has 0 aromatic heterocycles. The Hall–Kier alpha value is -2.69. The van der Waals surface area contributed by atoms with Gasteiger partial charge in [0, 0.05) is 19.0 Å². The van der Waals surface area contributed by atoms with Gasteiger partial charge in [0.2, 0.25) is 12.7 Å². The second-order valence-corrected chi connectivity index (χ2v) is 7.50. The average molecular weight is 381 g/mol. The lowest BCUT2D eigenvalue weighted by Crippen LogP contribution is -2.38. The molecule has 4 rings (SSSR count). The fourth-order valence-electron chi connectivity index (χ4n) is 4.06. The molecule has 148 valence electrons. The van der Waals surface area contributed by atoms with Crippen molar-refractivity contribution < 1.29 is 19.0 Å². The highest BCUT2D eigenvalue weighted by molar-refractivity contribution is 5.77. The molecule has 0 radical (unpaired) electrons. The molecule has 1 amide bonds. The van der Waals surface area contributed by atoms with Crippen molar-refractivity contribution in [3.63, 3.8) is 0 Å². The van der Waals surface area contributed by atoms with Gasteiger partial charge in [0.05, 0.1) is 7.11 Å². The molecule has 0 saturated heterocycles. The van der Waals surface area contributed by atoms with Gasteiger partial charge in [-0.1, -0.05) is 31.0 Å². The topological polar surface area (TPSA) is 48.0 Å². The molecule has 0 N–H and O–H groups in total. The molecule has 1 saturated carbocycles. The van der Waals surface area contributed by atoms with Gasteiger partial charge in [0.25, 0.3) is 0 Å². The molecule has 5 nitrogen and oxygen atoms in total. The summed E-state index contributed by atoms with van der Waals surface area (Å²) in [5.74, 6) is 2.61. The van der Waals surface area contributed by atoms with Crippen LogP contribution >= 0.6 is 0 Å². The summed E-state index contributed by atoms with van der Waals surface area (Å²) in [5.41, 5.74) is 2.25. The Kier molecular flexibility index (Phi) is 5.70. The normalized spacial score (nSPS) is 15.6. The Labute approximate surface area is 166 Å². The van der Waals surface area contributed by atoms with Crippen LogP contribution in [0.2, 0.25) is 0 Å². The predicted molar refractivity (Wildman–Crippen MR) is 107 cm³/mol. The van der Waals surface area contributed by atoms with E-state index in [9.17, 15) is 4.79 Å². The molecule has 2 aliphatic rings. The minimum absolute atomic E-state index is 0.223. The van der Waals surface area contributed by atoms with Gasteiger partial charge in [-0.3, -0.25) is 4.79 Å². The highest BCUT2D eigenvalue weighted by Gasteiger charge is 2.27. The smallest absolute Gasteiger partial charge is 0.231 e. The van der Waals surface area contributed by atoms with E-state index in [0.29, 0.717) is 19.0 Å². The van der Waals surface area contributed by atoms with E-state index in [1.807, 2.05) is 42.5 Å². The molecule has 2 aromatic carbocycles. The summed E-state index contributed by atoms with van der Waals surface area (Å²) in [6.07, 6.45) is 5.86. The van der Waals surface area contributed by atoms with Gasteiger partial charge in [0.1, 0.15) is 5.75 Å². The van der Waals surface area contributed by atoms with E-state index in [0.717, 1.165) is 47.6 Å². The average Bonchev–Trinajstić information content (AvgIpc) is 3.42. The molecule has 1 aliphatic carbocycles. The number of hydrogen-bond acceptors (Lipinski definition) is 4. The van der Waals surface area contributed by atoms with Crippen LogP contribution < -0.4 is 14.2 Å². The van der Waals surface area contributed by atoms with Crippen molar-refractivity contribution >= 4 is 5.91 Å².